The molecule has 3 aromatic carbocycles. The topological polar surface area (TPSA) is 71.1 Å². The second-order valence-corrected chi connectivity index (χ2v) is 6.38. The number of halogens is 1. The summed E-state index contributed by atoms with van der Waals surface area (Å²) in [6.45, 7) is 3.79. The Morgan fingerprint density at radius 1 is 0.778 bits per heavy atom. The lowest BCUT2D eigenvalue weighted by Crippen LogP contribution is -2.12. The zero-order valence-electron chi connectivity index (χ0n) is 14.8. The van der Waals surface area contributed by atoms with Crippen molar-refractivity contribution in [3.05, 3.63) is 46.9 Å². The van der Waals surface area contributed by atoms with Crippen LogP contribution in [0.4, 0.5) is 9.59 Å². The molecule has 0 fully saturated rings. The number of hydrogen-bond donors (Lipinski definition) is 0. The average Bonchev–Trinajstić information content (AvgIpc) is 2.64. The van der Waals surface area contributed by atoms with Crippen molar-refractivity contribution < 1.29 is 28.5 Å². The summed E-state index contributed by atoms with van der Waals surface area (Å²) >= 11 is 3.42. The summed E-state index contributed by atoms with van der Waals surface area (Å²) in [7, 11) is 0. The van der Waals surface area contributed by atoms with Gasteiger partial charge in [-0.1, -0.05) is 40.2 Å². The standard InChI is InChI=1S/C20H17BrO6/c1-3-24-19(22)26-17-13-7-5-6-8-14(13)18(27-20(23)25-4-2)16-11-12(21)9-10-15(16)17/h5-11H,3-4H2,1-2H3. The Bertz CT molecular complexity index is 1010. The summed E-state index contributed by atoms with van der Waals surface area (Å²) in [6.07, 6.45) is -1.60. The molecule has 7 heteroatoms. The van der Waals surface area contributed by atoms with Gasteiger partial charge in [0.25, 0.3) is 0 Å². The largest absolute Gasteiger partial charge is 0.513 e. The van der Waals surface area contributed by atoms with E-state index in [9.17, 15) is 9.59 Å². The molecule has 140 valence electrons. The molecule has 0 aliphatic rings. The molecule has 0 aliphatic heterocycles. The maximum Gasteiger partial charge on any atom is 0.513 e. The number of rotatable bonds is 4. The third kappa shape index (κ3) is 3.98. The maximum atomic E-state index is 12.0. The van der Waals surface area contributed by atoms with E-state index >= 15 is 0 Å². The van der Waals surface area contributed by atoms with E-state index in [1.165, 1.54) is 0 Å². The normalized spacial score (nSPS) is 10.6. The van der Waals surface area contributed by atoms with Crippen LogP contribution in [0, 0.1) is 0 Å². The van der Waals surface area contributed by atoms with Crippen LogP contribution >= 0.6 is 15.9 Å². The molecule has 0 bridgehead atoms. The van der Waals surface area contributed by atoms with Crippen LogP contribution in [0.15, 0.2) is 46.9 Å². The molecule has 3 rings (SSSR count). The van der Waals surface area contributed by atoms with Crippen LogP contribution < -0.4 is 9.47 Å². The third-order valence-electron chi connectivity index (χ3n) is 3.78. The zero-order chi connectivity index (χ0) is 19.4. The van der Waals surface area contributed by atoms with Crippen LogP contribution in [0.25, 0.3) is 21.5 Å². The van der Waals surface area contributed by atoms with Crippen LogP contribution in [0.2, 0.25) is 0 Å². The predicted octanol–water partition coefficient (Wildman–Crippen LogP) is 5.83. The molecule has 0 saturated carbocycles. The lowest BCUT2D eigenvalue weighted by atomic mass is 10.0. The number of hydrogen-bond acceptors (Lipinski definition) is 6. The number of benzene rings is 3. The fraction of sp³-hybridized carbons (Fsp3) is 0.200. The van der Waals surface area contributed by atoms with E-state index in [1.54, 1.807) is 50.2 Å². The fourth-order valence-corrected chi connectivity index (χ4v) is 3.11. The van der Waals surface area contributed by atoms with Crippen molar-refractivity contribution in [1.82, 2.24) is 0 Å². The van der Waals surface area contributed by atoms with Crippen LogP contribution in [0.3, 0.4) is 0 Å². The van der Waals surface area contributed by atoms with Crippen molar-refractivity contribution in [3.8, 4) is 11.5 Å². The highest BCUT2D eigenvalue weighted by Gasteiger charge is 2.21. The Kier molecular flexibility index (Phi) is 5.81. The van der Waals surface area contributed by atoms with Crippen LogP contribution in [0.5, 0.6) is 11.5 Å². The number of ether oxygens (including phenoxy) is 4. The fourth-order valence-electron chi connectivity index (χ4n) is 2.75. The lowest BCUT2D eigenvalue weighted by Gasteiger charge is -2.16. The molecule has 0 atom stereocenters. The Balaban J connectivity index is 2.29. The molecule has 3 aromatic rings. The second-order valence-electron chi connectivity index (χ2n) is 5.46. The van der Waals surface area contributed by atoms with Gasteiger partial charge >= 0.3 is 12.3 Å². The summed E-state index contributed by atoms with van der Waals surface area (Å²) in [5.41, 5.74) is 0. The first-order chi connectivity index (χ1) is 13.0. The van der Waals surface area contributed by atoms with Gasteiger partial charge in [0.1, 0.15) is 5.75 Å². The Labute approximate surface area is 164 Å². The van der Waals surface area contributed by atoms with Gasteiger partial charge in [-0.2, -0.15) is 0 Å². The molecule has 27 heavy (non-hydrogen) atoms. The van der Waals surface area contributed by atoms with E-state index in [2.05, 4.69) is 15.9 Å². The minimum absolute atomic E-state index is 0.197. The molecule has 0 saturated heterocycles. The summed E-state index contributed by atoms with van der Waals surface area (Å²) in [5.74, 6) is 0.666. The van der Waals surface area contributed by atoms with Crippen LogP contribution in [-0.4, -0.2) is 25.5 Å². The van der Waals surface area contributed by atoms with E-state index in [1.807, 2.05) is 6.07 Å². The highest BCUT2D eigenvalue weighted by atomic mass is 79.9. The summed E-state index contributed by atoms with van der Waals surface area (Å²) in [6, 6.07) is 12.5. The quantitative estimate of drug-likeness (QED) is 0.293. The van der Waals surface area contributed by atoms with Gasteiger partial charge in [-0.05, 0) is 32.0 Å². The van der Waals surface area contributed by atoms with E-state index in [0.29, 0.717) is 33.0 Å². The van der Waals surface area contributed by atoms with E-state index in [0.717, 1.165) is 4.47 Å². The van der Waals surface area contributed by atoms with Gasteiger partial charge in [-0.15, -0.1) is 0 Å². The number of carbonyl (C=O) groups excluding carboxylic acids is 2. The summed E-state index contributed by atoms with van der Waals surface area (Å²) in [4.78, 5) is 23.9. The highest BCUT2D eigenvalue weighted by Crippen LogP contribution is 2.43. The van der Waals surface area contributed by atoms with Crippen molar-refractivity contribution in [1.29, 1.82) is 0 Å². The van der Waals surface area contributed by atoms with Gasteiger partial charge in [0.2, 0.25) is 0 Å². The van der Waals surface area contributed by atoms with Crippen molar-refractivity contribution >= 4 is 49.8 Å². The Hall–Kier alpha value is -2.80. The third-order valence-corrected chi connectivity index (χ3v) is 4.28. The van der Waals surface area contributed by atoms with Gasteiger partial charge < -0.3 is 18.9 Å². The van der Waals surface area contributed by atoms with Crippen molar-refractivity contribution in [2.45, 2.75) is 13.8 Å². The van der Waals surface area contributed by atoms with Gasteiger partial charge in [-0.25, -0.2) is 9.59 Å². The molecule has 0 unspecified atom stereocenters. The van der Waals surface area contributed by atoms with E-state index < -0.39 is 12.3 Å². The predicted molar refractivity (Wildman–Crippen MR) is 104 cm³/mol. The van der Waals surface area contributed by atoms with Crippen molar-refractivity contribution in [2.24, 2.45) is 0 Å². The van der Waals surface area contributed by atoms with Gasteiger partial charge in [-0.3, -0.25) is 0 Å². The van der Waals surface area contributed by atoms with Crippen molar-refractivity contribution in [3.63, 3.8) is 0 Å². The number of carbonyl (C=O) groups is 2. The molecule has 0 aromatic heterocycles. The molecule has 0 spiro atoms. The summed E-state index contributed by atoms with van der Waals surface area (Å²) in [5, 5.41) is 2.41. The SMILES string of the molecule is CCOC(=O)Oc1c2ccccc2c(OC(=O)OCC)c2cc(Br)ccc12. The monoisotopic (exact) mass is 432 g/mol. The molecule has 0 radical (unpaired) electrons. The first kappa shape index (κ1) is 19.0. The minimum Gasteiger partial charge on any atom is -0.434 e. The van der Waals surface area contributed by atoms with Crippen molar-refractivity contribution in [2.75, 3.05) is 13.2 Å². The van der Waals surface area contributed by atoms with E-state index in [-0.39, 0.29) is 13.2 Å². The highest BCUT2D eigenvalue weighted by molar-refractivity contribution is 9.10. The van der Waals surface area contributed by atoms with Gasteiger partial charge in [0, 0.05) is 26.0 Å². The minimum atomic E-state index is -0.803. The molecule has 6 nitrogen and oxygen atoms in total. The molecule has 0 N–H and O–H groups in total. The average molecular weight is 433 g/mol. The Morgan fingerprint density at radius 2 is 1.26 bits per heavy atom. The number of fused-ring (bicyclic) bond motifs is 2. The molecular formula is C20H17BrO6. The first-order valence-electron chi connectivity index (χ1n) is 8.38. The smallest absolute Gasteiger partial charge is 0.434 e. The first-order valence-corrected chi connectivity index (χ1v) is 9.17. The molecule has 0 heterocycles. The lowest BCUT2D eigenvalue weighted by molar-refractivity contribution is 0.103. The molecule has 0 amide bonds. The van der Waals surface area contributed by atoms with E-state index in [4.69, 9.17) is 18.9 Å². The molecular weight excluding hydrogens is 416 g/mol. The zero-order valence-corrected chi connectivity index (χ0v) is 16.4. The van der Waals surface area contributed by atoms with Crippen LogP contribution in [-0.2, 0) is 9.47 Å². The van der Waals surface area contributed by atoms with Crippen LogP contribution in [0.1, 0.15) is 13.8 Å². The maximum absolute atomic E-state index is 12.0. The Morgan fingerprint density at radius 3 is 1.78 bits per heavy atom. The second kappa shape index (κ2) is 8.26. The van der Waals surface area contributed by atoms with Gasteiger partial charge in [0.05, 0.1) is 13.2 Å². The summed E-state index contributed by atoms with van der Waals surface area (Å²) < 4.78 is 21.6. The molecule has 0 aliphatic carbocycles. The van der Waals surface area contributed by atoms with Gasteiger partial charge in [0.15, 0.2) is 5.75 Å².